The Balaban J connectivity index is 1.43. The molecule has 1 atom stereocenters. The molecule has 0 saturated carbocycles. The quantitative estimate of drug-likeness (QED) is 0.412. The molecule has 0 spiro atoms. The molecule has 5 rings (SSSR count). The Kier molecular flexibility index (Phi) is 6.62. The first kappa shape index (κ1) is 24.2. The number of likely N-dealkylation sites (tertiary alicyclic amines) is 1. The number of carbonyl (C=O) groups excluding carboxylic acids is 1. The second kappa shape index (κ2) is 9.85. The molecule has 188 valence electrons. The number of rotatable bonds is 6. The van der Waals surface area contributed by atoms with Crippen LogP contribution in [0.25, 0.3) is 33.5 Å². The number of aryl methyl sites for hydroxylation is 1. The number of nitrogens with one attached hydrogen (secondary N) is 2. The number of carbonyl (C=O) groups is 1. The van der Waals surface area contributed by atoms with Gasteiger partial charge in [-0.3, -0.25) is 19.8 Å². The Morgan fingerprint density at radius 2 is 2.03 bits per heavy atom. The van der Waals surface area contributed by atoms with Crippen LogP contribution in [0.5, 0.6) is 0 Å². The van der Waals surface area contributed by atoms with Crippen molar-refractivity contribution in [3.63, 3.8) is 0 Å². The topological polar surface area (TPSA) is 93.8 Å². The number of nitrogens with zero attached hydrogens (tertiary/aromatic N) is 5. The fraction of sp³-hybridized carbons (Fsp3) is 0.429. The number of pyridine rings is 1. The van der Waals surface area contributed by atoms with Gasteiger partial charge in [-0.05, 0) is 68.1 Å². The van der Waals surface area contributed by atoms with E-state index < -0.39 is 0 Å². The molecule has 1 unspecified atom stereocenters. The summed E-state index contributed by atoms with van der Waals surface area (Å²) in [6.07, 6.45) is 3.96. The number of aromatic amines is 2. The van der Waals surface area contributed by atoms with Crippen molar-refractivity contribution in [3.8, 4) is 22.6 Å². The number of benzene rings is 1. The summed E-state index contributed by atoms with van der Waals surface area (Å²) in [4.78, 5) is 29.0. The molecule has 36 heavy (non-hydrogen) atoms. The van der Waals surface area contributed by atoms with Crippen LogP contribution >= 0.6 is 0 Å². The second-order valence-corrected chi connectivity index (χ2v) is 10.4. The largest absolute Gasteiger partial charge is 0.354 e. The molecule has 0 radical (unpaired) electrons. The SMILES string of the molecule is Cc1cc(-c2[nH]c3ccc(-c4n[nH]c(C5CCCN(CC(=O)N(C)C)C5)n4)cc3c2C(C)C)ccn1. The summed E-state index contributed by atoms with van der Waals surface area (Å²) < 4.78 is 0. The molecule has 8 heteroatoms. The highest BCUT2D eigenvalue weighted by Gasteiger charge is 2.26. The molecule has 1 fully saturated rings. The van der Waals surface area contributed by atoms with Gasteiger partial charge in [-0.1, -0.05) is 13.8 Å². The first-order valence-corrected chi connectivity index (χ1v) is 12.7. The standard InChI is InChI=1S/C28H35N7O/c1-17(2)25-22-14-20(8-9-23(22)30-26(25)19-10-11-29-18(3)13-19)27-31-28(33-32-27)21-7-6-12-35(15-21)16-24(36)34(4)5/h8-11,13-14,17,21,30H,6-7,12,15-16H2,1-5H3,(H,31,32,33). The summed E-state index contributed by atoms with van der Waals surface area (Å²) >= 11 is 0. The molecule has 4 heterocycles. The van der Waals surface area contributed by atoms with E-state index in [2.05, 4.69) is 69.2 Å². The van der Waals surface area contributed by atoms with E-state index >= 15 is 0 Å². The number of likely N-dealkylation sites (N-methyl/N-ethyl adjacent to an activating group) is 1. The average molecular weight is 486 g/mol. The van der Waals surface area contributed by atoms with Crippen molar-refractivity contribution in [1.29, 1.82) is 0 Å². The van der Waals surface area contributed by atoms with Gasteiger partial charge in [-0.15, -0.1) is 0 Å². The number of piperidine rings is 1. The lowest BCUT2D eigenvalue weighted by Crippen LogP contribution is -2.41. The van der Waals surface area contributed by atoms with Crippen LogP contribution in [0.1, 0.15) is 55.6 Å². The van der Waals surface area contributed by atoms with E-state index in [-0.39, 0.29) is 11.8 Å². The first-order chi connectivity index (χ1) is 17.3. The third kappa shape index (κ3) is 4.78. The van der Waals surface area contributed by atoms with Crippen molar-refractivity contribution in [3.05, 3.63) is 53.6 Å². The zero-order valence-electron chi connectivity index (χ0n) is 21.8. The first-order valence-electron chi connectivity index (χ1n) is 12.7. The number of hydrogen-bond acceptors (Lipinski definition) is 5. The Morgan fingerprint density at radius 3 is 2.78 bits per heavy atom. The Morgan fingerprint density at radius 1 is 1.19 bits per heavy atom. The van der Waals surface area contributed by atoms with E-state index in [1.807, 2.05) is 13.1 Å². The normalized spacial score (nSPS) is 16.7. The highest BCUT2D eigenvalue weighted by molar-refractivity contribution is 5.93. The Bertz CT molecular complexity index is 1380. The van der Waals surface area contributed by atoms with Crippen molar-refractivity contribution in [1.82, 2.24) is 34.9 Å². The minimum Gasteiger partial charge on any atom is -0.354 e. The van der Waals surface area contributed by atoms with E-state index in [4.69, 9.17) is 4.98 Å². The Labute approximate surface area is 212 Å². The van der Waals surface area contributed by atoms with Crippen LogP contribution in [0.3, 0.4) is 0 Å². The van der Waals surface area contributed by atoms with Gasteiger partial charge in [0, 0.05) is 60.5 Å². The monoisotopic (exact) mass is 485 g/mol. The molecule has 0 bridgehead atoms. The average Bonchev–Trinajstić information content (AvgIpc) is 3.49. The van der Waals surface area contributed by atoms with Gasteiger partial charge >= 0.3 is 0 Å². The number of H-pyrrole nitrogens is 2. The maximum Gasteiger partial charge on any atom is 0.236 e. The predicted octanol–water partition coefficient (Wildman–Crippen LogP) is 4.71. The lowest BCUT2D eigenvalue weighted by molar-refractivity contribution is -0.130. The van der Waals surface area contributed by atoms with Gasteiger partial charge < -0.3 is 9.88 Å². The zero-order chi connectivity index (χ0) is 25.4. The van der Waals surface area contributed by atoms with Crippen molar-refractivity contribution in [2.75, 3.05) is 33.7 Å². The lowest BCUT2D eigenvalue weighted by atomic mass is 9.95. The summed E-state index contributed by atoms with van der Waals surface area (Å²) in [5.41, 5.74) is 6.70. The smallest absolute Gasteiger partial charge is 0.236 e. The summed E-state index contributed by atoms with van der Waals surface area (Å²) in [5, 5.41) is 8.98. The highest BCUT2D eigenvalue weighted by Crippen LogP contribution is 2.37. The van der Waals surface area contributed by atoms with Crippen LogP contribution in [-0.2, 0) is 4.79 Å². The van der Waals surface area contributed by atoms with E-state index in [0.717, 1.165) is 59.8 Å². The van der Waals surface area contributed by atoms with Gasteiger partial charge in [-0.2, -0.15) is 5.10 Å². The second-order valence-electron chi connectivity index (χ2n) is 10.4. The molecular weight excluding hydrogens is 450 g/mol. The zero-order valence-corrected chi connectivity index (χ0v) is 21.8. The maximum absolute atomic E-state index is 12.2. The van der Waals surface area contributed by atoms with E-state index in [1.54, 1.807) is 19.0 Å². The molecule has 1 saturated heterocycles. The Hall–Kier alpha value is -3.52. The predicted molar refractivity (Wildman–Crippen MR) is 143 cm³/mol. The molecule has 1 amide bonds. The highest BCUT2D eigenvalue weighted by atomic mass is 16.2. The van der Waals surface area contributed by atoms with Gasteiger partial charge in [-0.25, -0.2) is 4.98 Å². The van der Waals surface area contributed by atoms with Gasteiger partial charge in [0.15, 0.2) is 5.82 Å². The molecule has 0 aliphatic carbocycles. The number of aromatic nitrogens is 5. The summed E-state index contributed by atoms with van der Waals surface area (Å²) in [7, 11) is 3.61. The molecule has 1 aliphatic heterocycles. The minimum absolute atomic E-state index is 0.135. The fourth-order valence-corrected chi connectivity index (χ4v) is 5.22. The van der Waals surface area contributed by atoms with Crippen LogP contribution in [-0.4, -0.2) is 74.6 Å². The van der Waals surface area contributed by atoms with Gasteiger partial charge in [0.25, 0.3) is 0 Å². The fourth-order valence-electron chi connectivity index (χ4n) is 5.22. The third-order valence-corrected chi connectivity index (χ3v) is 7.11. The molecule has 4 aromatic rings. The molecule has 1 aliphatic rings. The molecule has 3 aromatic heterocycles. The summed E-state index contributed by atoms with van der Waals surface area (Å²) in [6.45, 7) is 8.69. The molecule has 1 aromatic carbocycles. The van der Waals surface area contributed by atoms with E-state index in [1.165, 1.54) is 10.9 Å². The minimum atomic E-state index is 0.135. The van der Waals surface area contributed by atoms with Crippen molar-refractivity contribution < 1.29 is 4.79 Å². The lowest BCUT2D eigenvalue weighted by Gasteiger charge is -2.31. The maximum atomic E-state index is 12.2. The summed E-state index contributed by atoms with van der Waals surface area (Å²) in [6, 6.07) is 10.6. The van der Waals surface area contributed by atoms with Crippen LogP contribution in [0.2, 0.25) is 0 Å². The third-order valence-electron chi connectivity index (χ3n) is 7.11. The van der Waals surface area contributed by atoms with Crippen LogP contribution in [0.4, 0.5) is 0 Å². The van der Waals surface area contributed by atoms with Crippen LogP contribution in [0, 0.1) is 6.92 Å². The van der Waals surface area contributed by atoms with Crippen LogP contribution < -0.4 is 0 Å². The van der Waals surface area contributed by atoms with Crippen molar-refractivity contribution >= 4 is 16.8 Å². The number of fused-ring (bicyclic) bond motifs is 1. The molecule has 2 N–H and O–H groups in total. The molecular formula is C28H35N7O. The van der Waals surface area contributed by atoms with Crippen molar-refractivity contribution in [2.24, 2.45) is 0 Å². The summed E-state index contributed by atoms with van der Waals surface area (Å²) in [5.74, 6) is 2.34. The van der Waals surface area contributed by atoms with Gasteiger partial charge in [0.05, 0.1) is 12.2 Å². The van der Waals surface area contributed by atoms with E-state index in [9.17, 15) is 4.79 Å². The van der Waals surface area contributed by atoms with E-state index in [0.29, 0.717) is 18.3 Å². The number of hydrogen-bond donors (Lipinski definition) is 2. The van der Waals surface area contributed by atoms with Crippen LogP contribution in [0.15, 0.2) is 36.5 Å². The number of amides is 1. The van der Waals surface area contributed by atoms with Crippen molar-refractivity contribution in [2.45, 2.75) is 45.4 Å². The van der Waals surface area contributed by atoms with Gasteiger partial charge in [0.1, 0.15) is 5.82 Å². The molecule has 8 nitrogen and oxygen atoms in total. The van der Waals surface area contributed by atoms with Gasteiger partial charge in [0.2, 0.25) is 5.91 Å².